The van der Waals surface area contributed by atoms with E-state index in [-0.39, 0.29) is 16.4 Å². The van der Waals surface area contributed by atoms with Gasteiger partial charge in [-0.1, -0.05) is 32.9 Å². The first-order valence-electron chi connectivity index (χ1n) is 8.40. The van der Waals surface area contributed by atoms with Gasteiger partial charge in [-0.05, 0) is 42.4 Å². The number of rotatable bonds is 1. The van der Waals surface area contributed by atoms with E-state index in [1.54, 1.807) is 6.92 Å². The van der Waals surface area contributed by atoms with Gasteiger partial charge in [0.15, 0.2) is 0 Å². The van der Waals surface area contributed by atoms with E-state index in [9.17, 15) is 13.2 Å². The molecule has 2 atom stereocenters. The molecule has 2 unspecified atom stereocenters. The maximum absolute atomic E-state index is 13.3. The van der Waals surface area contributed by atoms with Crippen molar-refractivity contribution in [2.24, 2.45) is 0 Å². The molecule has 0 bridgehead atoms. The van der Waals surface area contributed by atoms with Crippen molar-refractivity contribution in [2.75, 3.05) is 13.6 Å². The number of benzene rings is 1. The highest BCUT2D eigenvalue weighted by Crippen LogP contribution is 2.51. The summed E-state index contributed by atoms with van der Waals surface area (Å²) < 4.78 is 40.2. The van der Waals surface area contributed by atoms with Crippen LogP contribution < -0.4 is 4.48 Å². The number of hydrogen-bond donors (Lipinski definition) is 0. The number of allylic oxidation sites excluding steroid dienone is 2. The van der Waals surface area contributed by atoms with Gasteiger partial charge >= 0.3 is 6.18 Å². The molecule has 0 spiro atoms. The Hall–Kier alpha value is -1.55. The molecule has 1 heterocycles. The minimum absolute atomic E-state index is 0.0511. The molecule has 0 aromatic heterocycles. The third kappa shape index (κ3) is 2.71. The molecule has 3 rings (SSSR count). The van der Waals surface area contributed by atoms with Gasteiger partial charge in [0, 0.05) is 11.1 Å². The SMILES string of the molecule is CC1=C[N+](C)(c2cccc3c2C(C)CC3(C)C)CC(C(F)(F)F)=C1. The van der Waals surface area contributed by atoms with Crippen molar-refractivity contribution in [3.05, 3.63) is 52.7 Å². The zero-order chi connectivity index (χ0) is 17.9. The van der Waals surface area contributed by atoms with E-state index in [0.29, 0.717) is 11.5 Å². The first kappa shape index (κ1) is 17.3. The van der Waals surface area contributed by atoms with Crippen LogP contribution in [0.2, 0.25) is 0 Å². The van der Waals surface area contributed by atoms with Gasteiger partial charge in [0.05, 0.1) is 12.6 Å². The zero-order valence-corrected chi connectivity index (χ0v) is 15.0. The van der Waals surface area contributed by atoms with Gasteiger partial charge in [0.25, 0.3) is 0 Å². The Labute approximate surface area is 142 Å². The Morgan fingerprint density at radius 3 is 2.50 bits per heavy atom. The first-order valence-corrected chi connectivity index (χ1v) is 8.40. The van der Waals surface area contributed by atoms with Crippen LogP contribution in [-0.4, -0.2) is 19.8 Å². The third-order valence-corrected chi connectivity index (χ3v) is 5.43. The Balaban J connectivity index is 2.15. The highest BCUT2D eigenvalue weighted by atomic mass is 19.4. The standard InChI is InChI=1S/C20H25F3N/c1-13-9-15(20(21,22)23)12-24(5,11-13)17-8-6-7-16-18(17)14(2)10-19(16,3)4/h6-9,11,14H,10,12H2,1-5H3/q+1. The van der Waals surface area contributed by atoms with Gasteiger partial charge in [0.1, 0.15) is 18.4 Å². The Kier molecular flexibility index (Phi) is 3.76. The molecule has 130 valence electrons. The summed E-state index contributed by atoms with van der Waals surface area (Å²) in [6.45, 7) is 8.32. The summed E-state index contributed by atoms with van der Waals surface area (Å²) in [5.41, 5.74) is 3.80. The van der Waals surface area contributed by atoms with Crippen molar-refractivity contribution in [3.63, 3.8) is 0 Å². The van der Waals surface area contributed by atoms with Crippen molar-refractivity contribution in [1.29, 1.82) is 0 Å². The van der Waals surface area contributed by atoms with Crippen molar-refractivity contribution < 1.29 is 13.2 Å². The van der Waals surface area contributed by atoms with Crippen LogP contribution in [0.5, 0.6) is 0 Å². The molecule has 2 aliphatic rings. The number of likely N-dealkylation sites (N-methyl/N-ethyl adjacent to an activating group) is 1. The quantitative estimate of drug-likeness (QED) is 0.567. The molecule has 0 radical (unpaired) electrons. The van der Waals surface area contributed by atoms with Crippen molar-refractivity contribution >= 4 is 5.69 Å². The average Bonchev–Trinajstić information content (AvgIpc) is 2.67. The topological polar surface area (TPSA) is 0 Å². The monoisotopic (exact) mass is 336 g/mol. The lowest BCUT2D eigenvalue weighted by Crippen LogP contribution is -2.46. The molecule has 0 fully saturated rings. The van der Waals surface area contributed by atoms with Crippen LogP contribution in [0.4, 0.5) is 18.9 Å². The molecule has 0 amide bonds. The summed E-state index contributed by atoms with van der Waals surface area (Å²) in [6, 6.07) is 6.13. The molecule has 1 aromatic carbocycles. The summed E-state index contributed by atoms with van der Waals surface area (Å²) in [5.74, 6) is 0.357. The van der Waals surface area contributed by atoms with E-state index in [2.05, 4.69) is 26.8 Å². The second-order valence-electron chi connectivity index (χ2n) is 8.19. The second-order valence-corrected chi connectivity index (χ2v) is 8.19. The fourth-order valence-electron chi connectivity index (χ4n) is 4.62. The minimum atomic E-state index is -4.28. The van der Waals surface area contributed by atoms with Crippen molar-refractivity contribution in [3.8, 4) is 0 Å². The van der Waals surface area contributed by atoms with Crippen LogP contribution in [0.1, 0.15) is 51.2 Å². The highest BCUT2D eigenvalue weighted by Gasteiger charge is 2.45. The normalized spacial score (nSPS) is 29.1. The minimum Gasteiger partial charge on any atom is -0.263 e. The van der Waals surface area contributed by atoms with Crippen molar-refractivity contribution in [2.45, 2.75) is 51.6 Å². The van der Waals surface area contributed by atoms with Gasteiger partial charge in [-0.3, -0.25) is 4.48 Å². The number of hydrogen-bond acceptors (Lipinski definition) is 0. The largest absolute Gasteiger partial charge is 0.418 e. The Morgan fingerprint density at radius 1 is 1.21 bits per heavy atom. The Morgan fingerprint density at radius 2 is 1.88 bits per heavy atom. The average molecular weight is 336 g/mol. The molecule has 0 N–H and O–H groups in total. The molecule has 4 heteroatoms. The lowest BCUT2D eigenvalue weighted by atomic mass is 9.86. The van der Waals surface area contributed by atoms with Crippen LogP contribution in [0.15, 0.2) is 41.6 Å². The number of halogens is 3. The number of alkyl halides is 3. The van der Waals surface area contributed by atoms with Gasteiger partial charge in [0.2, 0.25) is 0 Å². The van der Waals surface area contributed by atoms with E-state index in [1.165, 1.54) is 17.2 Å². The molecular formula is C20H25F3N+. The molecule has 1 aliphatic carbocycles. The third-order valence-electron chi connectivity index (χ3n) is 5.43. The van der Waals surface area contributed by atoms with Crippen LogP contribution in [-0.2, 0) is 5.41 Å². The van der Waals surface area contributed by atoms with Gasteiger partial charge < -0.3 is 0 Å². The van der Waals surface area contributed by atoms with E-state index in [1.807, 2.05) is 25.4 Å². The van der Waals surface area contributed by atoms with Crippen LogP contribution in [0, 0.1) is 0 Å². The van der Waals surface area contributed by atoms with E-state index in [4.69, 9.17) is 0 Å². The summed E-state index contributed by atoms with van der Waals surface area (Å²) >= 11 is 0. The van der Waals surface area contributed by atoms with E-state index in [0.717, 1.165) is 12.1 Å². The number of quaternary nitrogens is 1. The van der Waals surface area contributed by atoms with Crippen LogP contribution in [0.3, 0.4) is 0 Å². The van der Waals surface area contributed by atoms with E-state index < -0.39 is 11.7 Å². The maximum atomic E-state index is 13.3. The molecule has 1 nitrogen and oxygen atoms in total. The second kappa shape index (κ2) is 5.22. The smallest absolute Gasteiger partial charge is 0.263 e. The molecule has 1 aliphatic heterocycles. The number of fused-ring (bicyclic) bond motifs is 1. The summed E-state index contributed by atoms with van der Waals surface area (Å²) in [5, 5.41) is 0. The van der Waals surface area contributed by atoms with Crippen LogP contribution >= 0.6 is 0 Å². The molecule has 0 saturated heterocycles. The zero-order valence-electron chi connectivity index (χ0n) is 15.0. The van der Waals surface area contributed by atoms with Crippen LogP contribution in [0.25, 0.3) is 0 Å². The molecule has 0 saturated carbocycles. The highest BCUT2D eigenvalue weighted by molar-refractivity contribution is 5.62. The lowest BCUT2D eigenvalue weighted by Gasteiger charge is -2.36. The predicted octanol–water partition coefficient (Wildman–Crippen LogP) is 5.81. The summed E-state index contributed by atoms with van der Waals surface area (Å²) in [7, 11) is 1.88. The van der Waals surface area contributed by atoms with Gasteiger partial charge in [-0.15, -0.1) is 0 Å². The maximum Gasteiger partial charge on any atom is 0.418 e. The fourth-order valence-corrected chi connectivity index (χ4v) is 4.62. The van der Waals surface area contributed by atoms with Gasteiger partial charge in [-0.25, -0.2) is 0 Å². The van der Waals surface area contributed by atoms with Crippen molar-refractivity contribution in [1.82, 2.24) is 4.48 Å². The van der Waals surface area contributed by atoms with Gasteiger partial charge in [-0.2, -0.15) is 13.2 Å². The predicted molar refractivity (Wildman–Crippen MR) is 93.0 cm³/mol. The Bertz CT molecular complexity index is 740. The molecule has 24 heavy (non-hydrogen) atoms. The number of nitrogens with zero attached hydrogens (tertiary/aromatic N) is 1. The fraction of sp³-hybridized carbons (Fsp3) is 0.500. The first-order chi connectivity index (χ1) is 10.9. The molecule has 1 aromatic rings. The molecular weight excluding hydrogens is 311 g/mol. The van der Waals surface area contributed by atoms with E-state index >= 15 is 0 Å². The summed E-state index contributed by atoms with van der Waals surface area (Å²) in [6.07, 6.45) is -0.0265. The summed E-state index contributed by atoms with van der Waals surface area (Å²) in [4.78, 5) is 0. The lowest BCUT2D eigenvalue weighted by molar-refractivity contribution is -0.0948.